The van der Waals surface area contributed by atoms with E-state index in [2.05, 4.69) is 11.4 Å². The van der Waals surface area contributed by atoms with Crippen LogP contribution >= 0.6 is 0 Å². The van der Waals surface area contributed by atoms with Crippen molar-refractivity contribution >= 4 is 5.91 Å². The summed E-state index contributed by atoms with van der Waals surface area (Å²) in [6.07, 6.45) is 1.09. The minimum absolute atomic E-state index is 0.00433. The normalized spacial score (nSPS) is 11.3. The van der Waals surface area contributed by atoms with Gasteiger partial charge in [-0.25, -0.2) is 0 Å². The largest absolute Gasteiger partial charge is 0.497 e. The molecule has 1 unspecified atom stereocenters. The Labute approximate surface area is 136 Å². The second-order valence-electron chi connectivity index (χ2n) is 5.37. The molecule has 4 nitrogen and oxygen atoms in total. The highest BCUT2D eigenvalue weighted by molar-refractivity contribution is 5.76. The van der Waals surface area contributed by atoms with E-state index in [0.717, 1.165) is 16.9 Å². The van der Waals surface area contributed by atoms with Crippen LogP contribution in [0.4, 0.5) is 0 Å². The third-order valence-electron chi connectivity index (χ3n) is 3.69. The molecule has 2 aromatic carbocycles. The fourth-order valence-corrected chi connectivity index (χ4v) is 2.33. The molecular formula is C19H20N2O2. The summed E-state index contributed by atoms with van der Waals surface area (Å²) in [5.74, 6) is 0.804. The van der Waals surface area contributed by atoms with E-state index in [1.54, 1.807) is 19.2 Å². The average molecular weight is 308 g/mol. The van der Waals surface area contributed by atoms with E-state index in [0.29, 0.717) is 18.4 Å². The van der Waals surface area contributed by atoms with E-state index in [1.807, 2.05) is 43.3 Å². The average Bonchev–Trinajstić information content (AvgIpc) is 2.60. The second kappa shape index (κ2) is 8.00. The van der Waals surface area contributed by atoms with Gasteiger partial charge in [0.05, 0.1) is 24.8 Å². The van der Waals surface area contributed by atoms with Gasteiger partial charge in [-0.3, -0.25) is 4.79 Å². The number of nitrogens with zero attached hydrogens (tertiary/aromatic N) is 1. The number of nitrogens with one attached hydrogen (secondary N) is 1. The predicted molar refractivity (Wildman–Crippen MR) is 89.0 cm³/mol. The Morgan fingerprint density at radius 2 is 2.00 bits per heavy atom. The van der Waals surface area contributed by atoms with E-state index in [-0.39, 0.29) is 11.9 Å². The van der Waals surface area contributed by atoms with Crippen molar-refractivity contribution in [2.75, 3.05) is 7.11 Å². The highest BCUT2D eigenvalue weighted by Crippen LogP contribution is 2.15. The minimum atomic E-state index is -0.0828. The zero-order valence-electron chi connectivity index (χ0n) is 13.4. The Morgan fingerprint density at radius 3 is 2.65 bits per heavy atom. The number of methoxy groups -OCH3 is 1. The van der Waals surface area contributed by atoms with E-state index in [9.17, 15) is 4.79 Å². The van der Waals surface area contributed by atoms with Crippen LogP contribution in [0.2, 0.25) is 0 Å². The first-order valence-electron chi connectivity index (χ1n) is 7.54. The summed E-state index contributed by atoms with van der Waals surface area (Å²) >= 11 is 0. The number of hydrogen-bond acceptors (Lipinski definition) is 3. The molecule has 2 rings (SSSR count). The van der Waals surface area contributed by atoms with Crippen molar-refractivity contribution in [2.45, 2.75) is 25.8 Å². The molecule has 1 N–H and O–H groups in total. The zero-order valence-corrected chi connectivity index (χ0v) is 13.4. The van der Waals surface area contributed by atoms with Gasteiger partial charge in [0.15, 0.2) is 0 Å². The maximum atomic E-state index is 12.1. The van der Waals surface area contributed by atoms with Gasteiger partial charge in [-0.1, -0.05) is 24.3 Å². The molecule has 0 radical (unpaired) electrons. The first-order chi connectivity index (χ1) is 11.1. The fraction of sp³-hybridized carbons (Fsp3) is 0.263. The van der Waals surface area contributed by atoms with Crippen molar-refractivity contribution in [1.82, 2.24) is 5.32 Å². The number of aryl methyl sites for hydroxylation is 1. The summed E-state index contributed by atoms with van der Waals surface area (Å²) in [6.45, 7) is 1.94. The minimum Gasteiger partial charge on any atom is -0.497 e. The lowest BCUT2D eigenvalue weighted by molar-refractivity contribution is -0.121. The molecule has 0 aliphatic heterocycles. The predicted octanol–water partition coefficient (Wildman–Crippen LogP) is 3.38. The molecule has 0 aliphatic rings. The fourth-order valence-electron chi connectivity index (χ4n) is 2.33. The number of carbonyl (C=O) groups excluding carboxylic acids is 1. The van der Waals surface area contributed by atoms with Crippen LogP contribution in [-0.2, 0) is 11.2 Å². The number of benzene rings is 2. The van der Waals surface area contributed by atoms with Crippen molar-refractivity contribution in [3.8, 4) is 11.8 Å². The molecule has 0 spiro atoms. The van der Waals surface area contributed by atoms with Crippen molar-refractivity contribution in [2.24, 2.45) is 0 Å². The third-order valence-corrected chi connectivity index (χ3v) is 3.69. The van der Waals surface area contributed by atoms with Crippen LogP contribution in [0.25, 0.3) is 0 Å². The lowest BCUT2D eigenvalue weighted by atomic mass is 10.1. The topological polar surface area (TPSA) is 62.1 Å². The smallest absolute Gasteiger partial charge is 0.220 e. The van der Waals surface area contributed by atoms with Gasteiger partial charge < -0.3 is 10.1 Å². The van der Waals surface area contributed by atoms with E-state index in [1.165, 1.54) is 0 Å². The standard InChI is InChI=1S/C19H20N2O2/c1-14(17-9-6-16(13-20)7-10-17)21-19(22)11-8-15-4-3-5-18(12-15)23-2/h3-7,9-10,12,14H,8,11H2,1-2H3,(H,21,22). The van der Waals surface area contributed by atoms with Crippen LogP contribution in [0.15, 0.2) is 48.5 Å². The number of amides is 1. The first-order valence-corrected chi connectivity index (χ1v) is 7.54. The van der Waals surface area contributed by atoms with Crippen molar-refractivity contribution in [1.29, 1.82) is 5.26 Å². The highest BCUT2D eigenvalue weighted by atomic mass is 16.5. The molecule has 2 aromatic rings. The molecule has 1 amide bonds. The summed E-state index contributed by atoms with van der Waals surface area (Å²) < 4.78 is 5.18. The molecule has 23 heavy (non-hydrogen) atoms. The molecular weight excluding hydrogens is 288 g/mol. The lowest BCUT2D eigenvalue weighted by Crippen LogP contribution is -2.26. The highest BCUT2D eigenvalue weighted by Gasteiger charge is 2.10. The van der Waals surface area contributed by atoms with Crippen LogP contribution in [0.5, 0.6) is 5.75 Å². The summed E-state index contributed by atoms with van der Waals surface area (Å²) in [5, 5.41) is 11.8. The van der Waals surface area contributed by atoms with Gasteiger partial charge in [0.1, 0.15) is 5.75 Å². The van der Waals surface area contributed by atoms with Crippen LogP contribution in [0.1, 0.15) is 36.1 Å². The van der Waals surface area contributed by atoms with Gasteiger partial charge in [0.2, 0.25) is 5.91 Å². The van der Waals surface area contributed by atoms with E-state index >= 15 is 0 Å². The van der Waals surface area contributed by atoms with Crippen LogP contribution < -0.4 is 10.1 Å². The molecule has 0 saturated carbocycles. The van der Waals surface area contributed by atoms with Crippen molar-refractivity contribution in [3.63, 3.8) is 0 Å². The summed E-state index contributed by atoms with van der Waals surface area (Å²) in [4.78, 5) is 12.1. The molecule has 4 heteroatoms. The molecule has 0 bridgehead atoms. The second-order valence-corrected chi connectivity index (χ2v) is 5.37. The van der Waals surface area contributed by atoms with E-state index in [4.69, 9.17) is 10.00 Å². The number of hydrogen-bond donors (Lipinski definition) is 1. The molecule has 1 atom stereocenters. The lowest BCUT2D eigenvalue weighted by Gasteiger charge is -2.14. The molecule has 0 aromatic heterocycles. The van der Waals surface area contributed by atoms with Crippen LogP contribution in [0.3, 0.4) is 0 Å². The molecule has 118 valence electrons. The number of carbonyl (C=O) groups is 1. The SMILES string of the molecule is COc1cccc(CCC(=O)NC(C)c2ccc(C#N)cc2)c1. The van der Waals surface area contributed by atoms with Gasteiger partial charge in [-0.15, -0.1) is 0 Å². The summed E-state index contributed by atoms with van der Waals surface area (Å²) in [7, 11) is 1.63. The van der Waals surface area contributed by atoms with Gasteiger partial charge in [-0.05, 0) is 48.7 Å². The monoisotopic (exact) mass is 308 g/mol. The van der Waals surface area contributed by atoms with Crippen molar-refractivity contribution in [3.05, 3.63) is 65.2 Å². The number of rotatable bonds is 6. The third kappa shape index (κ3) is 4.86. The van der Waals surface area contributed by atoms with Crippen LogP contribution in [0, 0.1) is 11.3 Å². The summed E-state index contributed by atoms with van der Waals surface area (Å²) in [5.41, 5.74) is 2.68. The summed E-state index contributed by atoms with van der Waals surface area (Å²) in [6, 6.07) is 17.0. The van der Waals surface area contributed by atoms with Gasteiger partial charge >= 0.3 is 0 Å². The first kappa shape index (κ1) is 16.6. The molecule has 0 aliphatic carbocycles. The molecule has 0 fully saturated rings. The quantitative estimate of drug-likeness (QED) is 0.890. The number of nitriles is 1. The van der Waals surface area contributed by atoms with Crippen molar-refractivity contribution < 1.29 is 9.53 Å². The molecule has 0 saturated heterocycles. The van der Waals surface area contributed by atoms with Gasteiger partial charge in [-0.2, -0.15) is 5.26 Å². The number of ether oxygens (including phenoxy) is 1. The maximum Gasteiger partial charge on any atom is 0.220 e. The zero-order chi connectivity index (χ0) is 16.7. The van der Waals surface area contributed by atoms with E-state index < -0.39 is 0 Å². The Hall–Kier alpha value is -2.80. The Balaban J connectivity index is 1.87. The maximum absolute atomic E-state index is 12.1. The Bertz CT molecular complexity index is 702. The van der Waals surface area contributed by atoms with Crippen LogP contribution in [-0.4, -0.2) is 13.0 Å². The van der Waals surface area contributed by atoms with Gasteiger partial charge in [0, 0.05) is 6.42 Å². The van der Waals surface area contributed by atoms with Gasteiger partial charge in [0.25, 0.3) is 0 Å². The Kier molecular flexibility index (Phi) is 5.76. The molecule has 0 heterocycles. The Morgan fingerprint density at radius 1 is 1.26 bits per heavy atom.